The third kappa shape index (κ3) is 3.30. The van der Waals surface area contributed by atoms with Crippen molar-refractivity contribution in [2.45, 2.75) is 12.5 Å². The molecule has 1 fully saturated rings. The lowest BCUT2D eigenvalue weighted by Gasteiger charge is -2.16. The van der Waals surface area contributed by atoms with E-state index in [-0.39, 0.29) is 24.4 Å². The number of ether oxygens (including phenoxy) is 2. The van der Waals surface area contributed by atoms with E-state index in [0.29, 0.717) is 30.2 Å². The lowest BCUT2D eigenvalue weighted by Crippen LogP contribution is -2.31. The SMILES string of the molecule is COc1ccc(C(=O)N2CC[C@H](N)C2)cc1OC.Cl. The van der Waals surface area contributed by atoms with E-state index in [1.807, 2.05) is 0 Å². The van der Waals surface area contributed by atoms with E-state index < -0.39 is 0 Å². The molecule has 19 heavy (non-hydrogen) atoms. The number of nitrogens with two attached hydrogens (primary N) is 1. The van der Waals surface area contributed by atoms with E-state index >= 15 is 0 Å². The van der Waals surface area contributed by atoms with Gasteiger partial charge in [-0.1, -0.05) is 0 Å². The van der Waals surface area contributed by atoms with Gasteiger partial charge >= 0.3 is 0 Å². The minimum atomic E-state index is -0.0103. The zero-order valence-electron chi connectivity index (χ0n) is 11.1. The first kappa shape index (κ1) is 15.6. The van der Waals surface area contributed by atoms with Crippen LogP contribution in [0.25, 0.3) is 0 Å². The van der Waals surface area contributed by atoms with Gasteiger partial charge in [-0.15, -0.1) is 12.4 Å². The molecule has 1 heterocycles. The van der Waals surface area contributed by atoms with Crippen molar-refractivity contribution in [2.24, 2.45) is 5.73 Å². The Kier molecular flexibility index (Phi) is 5.44. The van der Waals surface area contributed by atoms with Crippen molar-refractivity contribution in [3.05, 3.63) is 23.8 Å². The summed E-state index contributed by atoms with van der Waals surface area (Å²) >= 11 is 0. The average molecular weight is 287 g/mol. The van der Waals surface area contributed by atoms with Gasteiger partial charge in [0.05, 0.1) is 14.2 Å². The Balaban J connectivity index is 0.00000180. The summed E-state index contributed by atoms with van der Waals surface area (Å²) in [5.74, 6) is 1.17. The number of carbonyl (C=O) groups is 1. The summed E-state index contributed by atoms with van der Waals surface area (Å²) in [7, 11) is 3.12. The molecule has 1 saturated heterocycles. The molecule has 0 bridgehead atoms. The van der Waals surface area contributed by atoms with Crippen molar-refractivity contribution < 1.29 is 14.3 Å². The first-order chi connectivity index (χ1) is 8.65. The van der Waals surface area contributed by atoms with Crippen LogP contribution in [0.4, 0.5) is 0 Å². The second-order valence-electron chi connectivity index (χ2n) is 4.37. The Bertz CT molecular complexity index is 454. The summed E-state index contributed by atoms with van der Waals surface area (Å²) in [5, 5.41) is 0. The molecule has 1 aromatic rings. The second-order valence-corrected chi connectivity index (χ2v) is 4.37. The summed E-state index contributed by atoms with van der Waals surface area (Å²) in [4.78, 5) is 14.0. The molecule has 1 aromatic carbocycles. The predicted octanol–water partition coefficient (Wildman–Crippen LogP) is 1.30. The number of likely N-dealkylation sites (tertiary alicyclic amines) is 1. The van der Waals surface area contributed by atoms with Crippen LogP contribution in [-0.4, -0.2) is 44.2 Å². The minimum absolute atomic E-state index is 0. The minimum Gasteiger partial charge on any atom is -0.493 e. The number of rotatable bonds is 3. The van der Waals surface area contributed by atoms with Crippen molar-refractivity contribution in [3.8, 4) is 11.5 Å². The van der Waals surface area contributed by atoms with Crippen LogP contribution in [-0.2, 0) is 0 Å². The monoisotopic (exact) mass is 286 g/mol. The quantitative estimate of drug-likeness (QED) is 0.910. The Morgan fingerprint density at radius 2 is 2.00 bits per heavy atom. The summed E-state index contributed by atoms with van der Waals surface area (Å²) in [6, 6.07) is 5.27. The Hall–Kier alpha value is -1.46. The van der Waals surface area contributed by atoms with Gasteiger partial charge in [0.25, 0.3) is 5.91 Å². The maximum atomic E-state index is 12.2. The third-order valence-electron chi connectivity index (χ3n) is 3.14. The molecule has 1 aliphatic heterocycles. The molecule has 2 N–H and O–H groups in total. The molecule has 0 spiro atoms. The van der Waals surface area contributed by atoms with Crippen LogP contribution in [0.5, 0.6) is 11.5 Å². The number of halogens is 1. The molecule has 106 valence electrons. The standard InChI is InChI=1S/C13H18N2O3.ClH/c1-17-11-4-3-9(7-12(11)18-2)13(16)15-6-5-10(14)8-15;/h3-4,7,10H,5-6,8,14H2,1-2H3;1H/t10-;/m0./s1. The zero-order valence-corrected chi connectivity index (χ0v) is 11.9. The summed E-state index contributed by atoms with van der Waals surface area (Å²) in [5.41, 5.74) is 6.40. The second kappa shape index (κ2) is 6.63. The molecule has 0 aliphatic carbocycles. The van der Waals surface area contributed by atoms with Gasteiger partial charge in [-0.25, -0.2) is 0 Å². The summed E-state index contributed by atoms with van der Waals surface area (Å²) in [6.45, 7) is 1.33. The third-order valence-corrected chi connectivity index (χ3v) is 3.14. The Labute approximate surface area is 119 Å². The van der Waals surface area contributed by atoms with Gasteiger partial charge in [0.15, 0.2) is 11.5 Å². The van der Waals surface area contributed by atoms with Crippen molar-refractivity contribution >= 4 is 18.3 Å². The smallest absolute Gasteiger partial charge is 0.254 e. The molecular weight excluding hydrogens is 268 g/mol. The molecule has 2 rings (SSSR count). The number of methoxy groups -OCH3 is 2. The summed E-state index contributed by atoms with van der Waals surface area (Å²) < 4.78 is 10.3. The number of hydrogen-bond donors (Lipinski definition) is 1. The van der Waals surface area contributed by atoms with Gasteiger partial charge in [0.1, 0.15) is 0 Å². The Morgan fingerprint density at radius 1 is 1.32 bits per heavy atom. The fourth-order valence-electron chi connectivity index (χ4n) is 2.12. The molecular formula is C13H19ClN2O3. The van der Waals surface area contributed by atoms with Crippen molar-refractivity contribution in [1.29, 1.82) is 0 Å². The van der Waals surface area contributed by atoms with E-state index in [0.717, 1.165) is 6.42 Å². The number of nitrogens with zero attached hydrogens (tertiary/aromatic N) is 1. The fourth-order valence-corrected chi connectivity index (χ4v) is 2.12. The number of carbonyl (C=O) groups excluding carboxylic acids is 1. The van der Waals surface area contributed by atoms with E-state index in [9.17, 15) is 4.79 Å². The molecule has 6 heteroatoms. The largest absolute Gasteiger partial charge is 0.493 e. The first-order valence-electron chi connectivity index (χ1n) is 5.92. The molecule has 1 atom stereocenters. The molecule has 0 aromatic heterocycles. The highest BCUT2D eigenvalue weighted by Crippen LogP contribution is 2.28. The van der Waals surface area contributed by atoms with Crippen LogP contribution in [0.1, 0.15) is 16.8 Å². The van der Waals surface area contributed by atoms with Crippen LogP contribution in [0.3, 0.4) is 0 Å². The first-order valence-corrected chi connectivity index (χ1v) is 5.92. The lowest BCUT2D eigenvalue weighted by molar-refractivity contribution is 0.0790. The maximum Gasteiger partial charge on any atom is 0.254 e. The highest BCUT2D eigenvalue weighted by Gasteiger charge is 2.25. The zero-order chi connectivity index (χ0) is 13.1. The highest BCUT2D eigenvalue weighted by atomic mass is 35.5. The average Bonchev–Trinajstić information content (AvgIpc) is 2.83. The van der Waals surface area contributed by atoms with Gasteiger partial charge in [-0.05, 0) is 24.6 Å². The predicted molar refractivity (Wildman–Crippen MR) is 75.3 cm³/mol. The van der Waals surface area contributed by atoms with Crippen molar-refractivity contribution in [2.75, 3.05) is 27.3 Å². The number of amides is 1. The van der Waals surface area contributed by atoms with Crippen molar-refractivity contribution in [3.63, 3.8) is 0 Å². The van der Waals surface area contributed by atoms with Gasteiger partial charge in [-0.2, -0.15) is 0 Å². The van der Waals surface area contributed by atoms with Gasteiger partial charge < -0.3 is 20.1 Å². The topological polar surface area (TPSA) is 64.8 Å². The van der Waals surface area contributed by atoms with Crippen molar-refractivity contribution in [1.82, 2.24) is 4.90 Å². The molecule has 5 nitrogen and oxygen atoms in total. The molecule has 0 saturated carbocycles. The van der Waals surface area contributed by atoms with E-state index in [4.69, 9.17) is 15.2 Å². The van der Waals surface area contributed by atoms with Gasteiger partial charge in [0, 0.05) is 24.7 Å². The fraction of sp³-hybridized carbons (Fsp3) is 0.462. The normalized spacial score (nSPS) is 17.8. The van der Waals surface area contributed by atoms with Gasteiger partial charge in [0.2, 0.25) is 0 Å². The van der Waals surface area contributed by atoms with Crippen LogP contribution in [0.2, 0.25) is 0 Å². The van der Waals surface area contributed by atoms with E-state index in [1.54, 1.807) is 37.3 Å². The Morgan fingerprint density at radius 3 is 2.53 bits per heavy atom. The highest BCUT2D eigenvalue weighted by molar-refractivity contribution is 5.95. The number of hydrogen-bond acceptors (Lipinski definition) is 4. The number of benzene rings is 1. The molecule has 1 amide bonds. The van der Waals surface area contributed by atoms with E-state index in [1.165, 1.54) is 0 Å². The van der Waals surface area contributed by atoms with Crippen LogP contribution >= 0.6 is 12.4 Å². The van der Waals surface area contributed by atoms with Crippen LogP contribution in [0, 0.1) is 0 Å². The van der Waals surface area contributed by atoms with Gasteiger partial charge in [-0.3, -0.25) is 4.79 Å². The maximum absolute atomic E-state index is 12.2. The molecule has 0 unspecified atom stereocenters. The molecule has 1 aliphatic rings. The summed E-state index contributed by atoms with van der Waals surface area (Å²) in [6.07, 6.45) is 0.860. The van der Waals surface area contributed by atoms with E-state index in [2.05, 4.69) is 0 Å². The molecule has 0 radical (unpaired) electrons. The van der Waals surface area contributed by atoms with Crippen LogP contribution in [0.15, 0.2) is 18.2 Å². The lowest BCUT2D eigenvalue weighted by atomic mass is 10.1. The van der Waals surface area contributed by atoms with Crippen LogP contribution < -0.4 is 15.2 Å².